The third-order valence-corrected chi connectivity index (χ3v) is 2.69. The van der Waals surface area contributed by atoms with Crippen molar-refractivity contribution in [3.8, 4) is 11.5 Å². The van der Waals surface area contributed by atoms with Crippen molar-refractivity contribution in [3.63, 3.8) is 0 Å². The van der Waals surface area contributed by atoms with E-state index >= 15 is 0 Å². The molecule has 7 heteroatoms. The van der Waals surface area contributed by atoms with Gasteiger partial charge in [0.1, 0.15) is 17.1 Å². The van der Waals surface area contributed by atoms with Gasteiger partial charge in [-0.25, -0.2) is 9.59 Å². The Hall–Kier alpha value is -2.02. The number of carbonyl (C=O) groups excluding carboxylic acids is 2. The maximum absolute atomic E-state index is 11.1. The number of carbonyl (C=O) groups is 2. The summed E-state index contributed by atoms with van der Waals surface area (Å²) in [6.07, 6.45) is 0. The van der Waals surface area contributed by atoms with Gasteiger partial charge in [-0.15, -0.1) is 0 Å². The van der Waals surface area contributed by atoms with Crippen molar-refractivity contribution in [2.75, 3.05) is 13.7 Å². The van der Waals surface area contributed by atoms with E-state index in [-0.39, 0.29) is 52.6 Å². The van der Waals surface area contributed by atoms with Crippen LogP contribution >= 0.6 is 0 Å². The Morgan fingerprint density at radius 2 is 1.54 bits per heavy atom. The van der Waals surface area contributed by atoms with Gasteiger partial charge in [0.2, 0.25) is 0 Å². The van der Waals surface area contributed by atoms with E-state index in [0.717, 1.165) is 0 Å². The summed E-state index contributed by atoms with van der Waals surface area (Å²) in [5.41, 5.74) is 0.643. The first-order valence-corrected chi connectivity index (χ1v) is 6.82. The molecular formula is C17H18NaO6. The predicted molar refractivity (Wildman–Crippen MR) is 89.3 cm³/mol. The molecule has 2 N–H and O–H groups in total. The minimum absolute atomic E-state index is 0. The van der Waals surface area contributed by atoms with Crippen molar-refractivity contribution in [2.45, 2.75) is 6.92 Å². The Morgan fingerprint density at radius 3 is 2.04 bits per heavy atom. The third kappa shape index (κ3) is 7.04. The molecule has 0 saturated carbocycles. The Kier molecular flexibility index (Phi) is 10.5. The van der Waals surface area contributed by atoms with E-state index in [1.54, 1.807) is 19.1 Å². The largest absolute Gasteiger partial charge is 0.508 e. The monoisotopic (exact) mass is 341 g/mol. The van der Waals surface area contributed by atoms with Gasteiger partial charge in [-0.3, -0.25) is 0 Å². The number of ether oxygens (including phenoxy) is 2. The summed E-state index contributed by atoms with van der Waals surface area (Å²) in [4.78, 5) is 21.9. The second-order valence-electron chi connectivity index (χ2n) is 4.28. The van der Waals surface area contributed by atoms with E-state index in [0.29, 0.717) is 12.2 Å². The van der Waals surface area contributed by atoms with Crippen molar-refractivity contribution in [2.24, 2.45) is 0 Å². The van der Waals surface area contributed by atoms with Crippen molar-refractivity contribution in [3.05, 3.63) is 59.7 Å². The van der Waals surface area contributed by atoms with Crippen molar-refractivity contribution >= 4 is 41.5 Å². The zero-order valence-corrected chi connectivity index (χ0v) is 15.9. The average molecular weight is 341 g/mol. The fourth-order valence-corrected chi connectivity index (χ4v) is 1.57. The van der Waals surface area contributed by atoms with E-state index in [1.165, 1.54) is 43.5 Å². The van der Waals surface area contributed by atoms with Crippen LogP contribution in [0.2, 0.25) is 0 Å². The summed E-state index contributed by atoms with van der Waals surface area (Å²) in [5, 5.41) is 18.0. The minimum atomic E-state index is -0.525. The van der Waals surface area contributed by atoms with Gasteiger partial charge in [-0.1, -0.05) is 12.1 Å². The summed E-state index contributed by atoms with van der Waals surface area (Å²) in [6, 6.07) is 12.2. The standard InChI is InChI=1S/C9H10O3.C8H8O3.Na/c1-2-12-9(11)7-3-5-8(10)6-4-7;1-11-8(10)6-4-2-3-5-7(6)9;/h3-6,10H,2H2,1H3;2-5,9H,1H3;. The van der Waals surface area contributed by atoms with E-state index in [4.69, 9.17) is 14.9 Å². The van der Waals surface area contributed by atoms with Crippen LogP contribution in [0, 0.1) is 0 Å². The molecule has 2 aromatic carbocycles. The molecule has 0 spiro atoms. The maximum atomic E-state index is 11.1. The first kappa shape index (κ1) is 22.0. The SMILES string of the molecule is CCOC(=O)c1ccc(O)cc1.COC(=O)c1ccccc1O.[Na]. The molecule has 0 aliphatic carbocycles. The van der Waals surface area contributed by atoms with Crippen molar-refractivity contribution < 1.29 is 29.3 Å². The summed E-state index contributed by atoms with van der Waals surface area (Å²) < 4.78 is 9.17. The quantitative estimate of drug-likeness (QED) is 0.658. The van der Waals surface area contributed by atoms with E-state index < -0.39 is 5.97 Å². The number of para-hydroxylation sites is 1. The van der Waals surface area contributed by atoms with E-state index in [9.17, 15) is 9.59 Å². The van der Waals surface area contributed by atoms with Crippen LogP contribution in [0.15, 0.2) is 48.5 Å². The predicted octanol–water partition coefficient (Wildman–Crippen LogP) is 2.37. The molecule has 24 heavy (non-hydrogen) atoms. The smallest absolute Gasteiger partial charge is 0.341 e. The molecule has 0 atom stereocenters. The second kappa shape index (κ2) is 11.5. The van der Waals surface area contributed by atoms with Crippen LogP contribution < -0.4 is 0 Å². The Balaban J connectivity index is 0.000000425. The molecular weight excluding hydrogens is 323 g/mol. The number of esters is 2. The number of phenols is 2. The molecule has 0 heterocycles. The molecule has 0 unspecified atom stereocenters. The molecule has 0 aromatic heterocycles. The summed E-state index contributed by atoms with van der Waals surface area (Å²) in [7, 11) is 1.27. The number of benzene rings is 2. The first-order chi connectivity index (χ1) is 11.0. The Bertz CT molecular complexity index is 654. The normalized spacial score (nSPS) is 8.92. The zero-order chi connectivity index (χ0) is 17.2. The summed E-state index contributed by atoms with van der Waals surface area (Å²) in [6.45, 7) is 2.11. The third-order valence-electron chi connectivity index (χ3n) is 2.69. The van der Waals surface area contributed by atoms with Gasteiger partial charge in [0.15, 0.2) is 0 Å². The van der Waals surface area contributed by atoms with Crippen molar-refractivity contribution in [1.29, 1.82) is 0 Å². The zero-order valence-electron chi connectivity index (χ0n) is 13.9. The molecule has 0 bridgehead atoms. The number of hydrogen-bond acceptors (Lipinski definition) is 6. The number of hydrogen-bond donors (Lipinski definition) is 2. The van der Waals surface area contributed by atoms with Crippen LogP contribution in [-0.2, 0) is 9.47 Å². The molecule has 1 radical (unpaired) electrons. The van der Waals surface area contributed by atoms with E-state index in [2.05, 4.69) is 4.74 Å². The van der Waals surface area contributed by atoms with Crippen LogP contribution in [0.5, 0.6) is 11.5 Å². The van der Waals surface area contributed by atoms with Gasteiger partial charge in [-0.05, 0) is 43.3 Å². The molecule has 6 nitrogen and oxygen atoms in total. The number of rotatable bonds is 3. The minimum Gasteiger partial charge on any atom is -0.508 e. The fourth-order valence-electron chi connectivity index (χ4n) is 1.57. The number of phenolic OH excluding ortho intramolecular Hbond substituents is 2. The summed E-state index contributed by atoms with van der Waals surface area (Å²) in [5.74, 6) is -0.803. The number of aromatic hydroxyl groups is 2. The van der Waals surface area contributed by atoms with Crippen LogP contribution in [-0.4, -0.2) is 65.4 Å². The van der Waals surface area contributed by atoms with Gasteiger partial charge < -0.3 is 19.7 Å². The molecule has 0 amide bonds. The molecule has 2 rings (SSSR count). The van der Waals surface area contributed by atoms with Crippen LogP contribution in [0.1, 0.15) is 27.6 Å². The Morgan fingerprint density at radius 1 is 0.958 bits per heavy atom. The topological polar surface area (TPSA) is 93.1 Å². The molecule has 0 aliphatic heterocycles. The summed E-state index contributed by atoms with van der Waals surface area (Å²) >= 11 is 0. The van der Waals surface area contributed by atoms with Crippen LogP contribution in [0.4, 0.5) is 0 Å². The molecule has 2 aromatic rings. The molecule has 0 fully saturated rings. The average Bonchev–Trinajstić information content (AvgIpc) is 2.56. The fraction of sp³-hybridized carbons (Fsp3) is 0.176. The van der Waals surface area contributed by atoms with Gasteiger partial charge in [0.25, 0.3) is 0 Å². The van der Waals surface area contributed by atoms with Crippen molar-refractivity contribution in [1.82, 2.24) is 0 Å². The van der Waals surface area contributed by atoms with Crippen LogP contribution in [0.25, 0.3) is 0 Å². The second-order valence-corrected chi connectivity index (χ2v) is 4.28. The van der Waals surface area contributed by atoms with Crippen LogP contribution in [0.3, 0.4) is 0 Å². The molecule has 0 saturated heterocycles. The Labute approximate surface area is 162 Å². The van der Waals surface area contributed by atoms with E-state index in [1.807, 2.05) is 0 Å². The first-order valence-electron chi connectivity index (χ1n) is 6.82. The van der Waals surface area contributed by atoms with Gasteiger partial charge in [0.05, 0.1) is 19.3 Å². The van der Waals surface area contributed by atoms with Gasteiger partial charge >= 0.3 is 11.9 Å². The van der Waals surface area contributed by atoms with Gasteiger partial charge in [0, 0.05) is 29.6 Å². The number of methoxy groups -OCH3 is 1. The molecule has 123 valence electrons. The molecule has 0 aliphatic rings. The maximum Gasteiger partial charge on any atom is 0.341 e. The van der Waals surface area contributed by atoms with Gasteiger partial charge in [-0.2, -0.15) is 0 Å².